The van der Waals surface area contributed by atoms with Crippen molar-refractivity contribution in [1.82, 2.24) is 5.32 Å². The third kappa shape index (κ3) is 3.83. The van der Waals surface area contributed by atoms with Crippen molar-refractivity contribution in [1.29, 1.82) is 0 Å². The van der Waals surface area contributed by atoms with Crippen LogP contribution in [0.25, 0.3) is 0 Å². The summed E-state index contributed by atoms with van der Waals surface area (Å²) in [5, 5.41) is 3.24. The largest absolute Gasteiger partial charge is 0.491 e. The van der Waals surface area contributed by atoms with E-state index in [1.807, 2.05) is 44.2 Å². The monoisotopic (exact) mass is 372 g/mol. The molecule has 1 heterocycles. The number of rotatable bonds is 5. The Balaban J connectivity index is 1.86. The molecule has 1 N–H and O–H groups in total. The van der Waals surface area contributed by atoms with E-state index in [1.54, 1.807) is 17.0 Å². The molecule has 1 aliphatic heterocycles. The molecule has 0 spiro atoms. The van der Waals surface area contributed by atoms with E-state index in [1.165, 1.54) is 6.92 Å². The van der Waals surface area contributed by atoms with Gasteiger partial charge in [-0.25, -0.2) is 0 Å². The van der Waals surface area contributed by atoms with Gasteiger partial charge >= 0.3 is 0 Å². The van der Waals surface area contributed by atoms with Gasteiger partial charge in [0.05, 0.1) is 12.6 Å². The third-order valence-corrected chi connectivity index (χ3v) is 4.32. The summed E-state index contributed by atoms with van der Waals surface area (Å²) < 4.78 is 5.65. The second kappa shape index (κ2) is 7.38. The summed E-state index contributed by atoms with van der Waals surface area (Å²) in [5.41, 5.74) is 2.46. The van der Waals surface area contributed by atoms with E-state index in [-0.39, 0.29) is 17.9 Å². The Hall–Kier alpha value is -2.53. The highest BCUT2D eigenvalue weighted by molar-refractivity contribution is 6.31. The number of benzene rings is 2. The smallest absolute Gasteiger partial charge is 0.254 e. The number of carbonyl (C=O) groups is 2. The number of nitrogens with one attached hydrogen (secondary N) is 1. The predicted molar refractivity (Wildman–Crippen MR) is 101 cm³/mol. The molecular weight excluding hydrogens is 352 g/mol. The second-order valence-electron chi connectivity index (χ2n) is 6.57. The molecule has 0 radical (unpaired) electrons. The molecule has 0 aromatic heterocycles. The highest BCUT2D eigenvalue weighted by atomic mass is 35.5. The normalized spacial score (nSPS) is 16.0. The summed E-state index contributed by atoms with van der Waals surface area (Å²) in [5.74, 6) is 0.367. The Morgan fingerprint density at radius 1 is 1.23 bits per heavy atom. The molecule has 26 heavy (non-hydrogen) atoms. The fourth-order valence-electron chi connectivity index (χ4n) is 3.04. The molecular formula is C20H21ClN2O3. The number of ether oxygens (including phenoxy) is 1. The Morgan fingerprint density at radius 2 is 1.92 bits per heavy atom. The number of hydrogen-bond acceptors (Lipinski definition) is 3. The Bertz CT molecular complexity index is 833. The summed E-state index contributed by atoms with van der Waals surface area (Å²) in [7, 11) is 0. The van der Waals surface area contributed by atoms with E-state index < -0.39 is 6.04 Å². The number of fused-ring (bicyclic) bond motifs is 1. The van der Waals surface area contributed by atoms with Crippen molar-refractivity contribution in [3.8, 4) is 5.75 Å². The highest BCUT2D eigenvalue weighted by Gasteiger charge is 2.37. The van der Waals surface area contributed by atoms with Gasteiger partial charge in [0, 0.05) is 23.2 Å². The lowest BCUT2D eigenvalue weighted by atomic mass is 10.1. The molecule has 0 saturated carbocycles. The Morgan fingerprint density at radius 3 is 2.54 bits per heavy atom. The lowest BCUT2D eigenvalue weighted by molar-refractivity contribution is -0.126. The Labute approximate surface area is 157 Å². The average molecular weight is 373 g/mol. The summed E-state index contributed by atoms with van der Waals surface area (Å²) in [4.78, 5) is 26.0. The number of carbonyl (C=O) groups excluding carboxylic acids is 2. The van der Waals surface area contributed by atoms with Gasteiger partial charge in [-0.05, 0) is 49.7 Å². The second-order valence-corrected chi connectivity index (χ2v) is 7.01. The van der Waals surface area contributed by atoms with Gasteiger partial charge in [-0.15, -0.1) is 0 Å². The predicted octanol–water partition coefficient (Wildman–Crippen LogP) is 3.85. The first-order valence-electron chi connectivity index (χ1n) is 8.48. The molecule has 0 unspecified atom stereocenters. The number of amides is 2. The maximum absolute atomic E-state index is 12.9. The third-order valence-electron chi connectivity index (χ3n) is 4.09. The van der Waals surface area contributed by atoms with Crippen LogP contribution < -0.4 is 15.0 Å². The van der Waals surface area contributed by atoms with Gasteiger partial charge in [-0.2, -0.15) is 0 Å². The number of nitrogens with zero attached hydrogens (tertiary/aromatic N) is 1. The quantitative estimate of drug-likeness (QED) is 0.867. The molecule has 136 valence electrons. The molecule has 6 heteroatoms. The maximum Gasteiger partial charge on any atom is 0.254 e. The van der Waals surface area contributed by atoms with E-state index >= 15 is 0 Å². The first-order valence-corrected chi connectivity index (χ1v) is 8.86. The van der Waals surface area contributed by atoms with Gasteiger partial charge in [0.15, 0.2) is 0 Å². The fraction of sp³-hybridized carbons (Fsp3) is 0.300. The number of halogens is 1. The zero-order chi connectivity index (χ0) is 18.8. The standard InChI is InChI=1S/C20H21ClN2O3/c1-12(2)26-16-7-4-14(5-8-16)11-23-18-9-6-15(21)10-17(18)19(20(23)25)22-13(3)24/h4-10,12,19H,11H2,1-3H3,(H,22,24)/t19-/m0/s1. The lowest BCUT2D eigenvalue weighted by Crippen LogP contribution is -2.36. The summed E-state index contributed by atoms with van der Waals surface area (Å²) >= 11 is 6.08. The van der Waals surface area contributed by atoms with Crippen LogP contribution in [-0.2, 0) is 16.1 Å². The minimum atomic E-state index is -0.704. The van der Waals surface area contributed by atoms with Gasteiger partial charge in [-0.1, -0.05) is 23.7 Å². The van der Waals surface area contributed by atoms with Crippen LogP contribution in [0.2, 0.25) is 5.02 Å². The van der Waals surface area contributed by atoms with Gasteiger partial charge in [0.1, 0.15) is 11.8 Å². The summed E-state index contributed by atoms with van der Waals surface area (Å²) in [6.07, 6.45) is 0.107. The first-order chi connectivity index (χ1) is 12.3. The van der Waals surface area contributed by atoms with Crippen LogP contribution in [0, 0.1) is 0 Å². The van der Waals surface area contributed by atoms with E-state index in [4.69, 9.17) is 16.3 Å². The summed E-state index contributed by atoms with van der Waals surface area (Å²) in [6, 6.07) is 12.2. The van der Waals surface area contributed by atoms with Crippen LogP contribution in [0.15, 0.2) is 42.5 Å². The van der Waals surface area contributed by atoms with Crippen molar-refractivity contribution in [2.75, 3.05) is 4.90 Å². The molecule has 3 rings (SSSR count). The molecule has 0 bridgehead atoms. The SMILES string of the molecule is CC(=O)N[C@@H]1C(=O)N(Cc2ccc(OC(C)C)cc2)c2ccc(Cl)cc21. The molecule has 2 amide bonds. The molecule has 2 aromatic carbocycles. The molecule has 0 saturated heterocycles. The van der Waals surface area contributed by atoms with Crippen molar-refractivity contribution in [3.63, 3.8) is 0 Å². The highest BCUT2D eigenvalue weighted by Crippen LogP contribution is 2.38. The molecule has 1 aliphatic rings. The zero-order valence-electron chi connectivity index (χ0n) is 15.0. The van der Waals surface area contributed by atoms with Crippen LogP contribution >= 0.6 is 11.6 Å². The average Bonchev–Trinajstić information content (AvgIpc) is 2.81. The fourth-order valence-corrected chi connectivity index (χ4v) is 3.22. The van der Waals surface area contributed by atoms with Crippen LogP contribution in [0.5, 0.6) is 5.75 Å². The number of hydrogen-bond donors (Lipinski definition) is 1. The van der Waals surface area contributed by atoms with E-state index in [0.717, 1.165) is 22.6 Å². The van der Waals surface area contributed by atoms with Crippen LogP contribution in [0.1, 0.15) is 37.9 Å². The molecule has 2 aromatic rings. The van der Waals surface area contributed by atoms with Crippen LogP contribution in [0.4, 0.5) is 5.69 Å². The van der Waals surface area contributed by atoms with Crippen molar-refractivity contribution in [2.45, 2.75) is 39.5 Å². The van der Waals surface area contributed by atoms with Crippen LogP contribution in [-0.4, -0.2) is 17.9 Å². The van der Waals surface area contributed by atoms with Gasteiger partial charge in [0.25, 0.3) is 5.91 Å². The van der Waals surface area contributed by atoms with Gasteiger partial charge < -0.3 is 15.0 Å². The maximum atomic E-state index is 12.9. The molecule has 1 atom stereocenters. The minimum Gasteiger partial charge on any atom is -0.491 e. The van der Waals surface area contributed by atoms with Crippen molar-refractivity contribution in [3.05, 3.63) is 58.6 Å². The van der Waals surface area contributed by atoms with E-state index in [2.05, 4.69) is 5.32 Å². The Kier molecular flexibility index (Phi) is 5.18. The molecule has 5 nitrogen and oxygen atoms in total. The molecule has 0 fully saturated rings. The van der Waals surface area contributed by atoms with Crippen molar-refractivity contribution >= 4 is 29.1 Å². The van der Waals surface area contributed by atoms with Gasteiger partial charge in [-0.3, -0.25) is 9.59 Å². The first kappa shape index (κ1) is 18.3. The van der Waals surface area contributed by atoms with Crippen LogP contribution in [0.3, 0.4) is 0 Å². The van der Waals surface area contributed by atoms with Crippen molar-refractivity contribution in [2.24, 2.45) is 0 Å². The van der Waals surface area contributed by atoms with E-state index in [9.17, 15) is 9.59 Å². The van der Waals surface area contributed by atoms with Gasteiger partial charge in [0.2, 0.25) is 5.91 Å². The van der Waals surface area contributed by atoms with E-state index in [0.29, 0.717) is 11.6 Å². The van der Waals surface area contributed by atoms with Crippen molar-refractivity contribution < 1.29 is 14.3 Å². The topological polar surface area (TPSA) is 58.6 Å². The zero-order valence-corrected chi connectivity index (χ0v) is 15.7. The lowest BCUT2D eigenvalue weighted by Gasteiger charge is -2.19. The minimum absolute atomic E-state index is 0.107. The summed E-state index contributed by atoms with van der Waals surface area (Å²) in [6.45, 7) is 5.75. The molecule has 0 aliphatic carbocycles. The number of anilines is 1.